The standard InChI is InChI=1S/C26H33N5O4/c1-2-13-26(24(33)31(25(34)28-26)17-12-19-7-5-6-14-27-19)18-10-15-30(16-11-18)23(32)22-20-8-3-4-9-21(20)35-29-22/h5-7,14,18H,2-4,8-13,15-17H2,1H3,(H,28,34). The summed E-state index contributed by atoms with van der Waals surface area (Å²) < 4.78 is 5.44. The highest BCUT2D eigenvalue weighted by Crippen LogP contribution is 2.37. The predicted molar refractivity (Wildman–Crippen MR) is 128 cm³/mol. The van der Waals surface area contributed by atoms with Crippen molar-refractivity contribution in [2.24, 2.45) is 5.92 Å². The number of imide groups is 1. The first-order valence-electron chi connectivity index (χ1n) is 12.8. The van der Waals surface area contributed by atoms with Gasteiger partial charge in [0.05, 0.1) is 0 Å². The maximum atomic E-state index is 13.6. The van der Waals surface area contributed by atoms with Crippen molar-refractivity contribution in [2.75, 3.05) is 19.6 Å². The van der Waals surface area contributed by atoms with Crippen LogP contribution in [0.1, 0.15) is 73.0 Å². The maximum absolute atomic E-state index is 13.6. The van der Waals surface area contributed by atoms with Gasteiger partial charge in [0, 0.05) is 49.9 Å². The second-order valence-corrected chi connectivity index (χ2v) is 9.89. The molecule has 3 aliphatic rings. The molecule has 0 bridgehead atoms. The van der Waals surface area contributed by atoms with E-state index in [9.17, 15) is 14.4 Å². The number of carbonyl (C=O) groups excluding carboxylic acids is 3. The van der Waals surface area contributed by atoms with Crippen LogP contribution in [0.3, 0.4) is 0 Å². The van der Waals surface area contributed by atoms with Crippen molar-refractivity contribution >= 4 is 17.8 Å². The van der Waals surface area contributed by atoms with Crippen LogP contribution < -0.4 is 5.32 Å². The Kier molecular flexibility index (Phi) is 6.58. The largest absolute Gasteiger partial charge is 0.360 e. The zero-order chi connectivity index (χ0) is 24.4. The lowest BCUT2D eigenvalue weighted by Gasteiger charge is -2.40. The summed E-state index contributed by atoms with van der Waals surface area (Å²) in [6.45, 7) is 3.41. The quantitative estimate of drug-likeness (QED) is 0.611. The maximum Gasteiger partial charge on any atom is 0.325 e. The molecule has 4 amide bonds. The van der Waals surface area contributed by atoms with E-state index >= 15 is 0 Å². The van der Waals surface area contributed by atoms with Gasteiger partial charge in [0.25, 0.3) is 11.8 Å². The van der Waals surface area contributed by atoms with Gasteiger partial charge in [-0.15, -0.1) is 0 Å². The fourth-order valence-electron chi connectivity index (χ4n) is 5.94. The molecular weight excluding hydrogens is 446 g/mol. The van der Waals surface area contributed by atoms with Crippen LogP contribution in [0.4, 0.5) is 4.79 Å². The number of hydrogen-bond acceptors (Lipinski definition) is 6. The fraction of sp³-hybridized carbons (Fsp3) is 0.577. The SMILES string of the molecule is CCCC1(C2CCN(C(=O)c3noc4c3CCCC4)CC2)NC(=O)N(CCc2ccccn2)C1=O. The third kappa shape index (κ3) is 4.32. The normalized spacial score (nSPS) is 22.9. The molecule has 1 atom stereocenters. The second kappa shape index (κ2) is 9.79. The summed E-state index contributed by atoms with van der Waals surface area (Å²) >= 11 is 0. The number of likely N-dealkylation sites (tertiary alicyclic amines) is 1. The lowest BCUT2D eigenvalue weighted by atomic mass is 9.74. The van der Waals surface area contributed by atoms with Crippen molar-refractivity contribution < 1.29 is 18.9 Å². The average molecular weight is 480 g/mol. The van der Waals surface area contributed by atoms with E-state index in [1.165, 1.54) is 4.90 Å². The van der Waals surface area contributed by atoms with Gasteiger partial charge in [-0.3, -0.25) is 19.5 Å². The third-order valence-corrected chi connectivity index (χ3v) is 7.80. The van der Waals surface area contributed by atoms with E-state index < -0.39 is 5.54 Å². The van der Waals surface area contributed by atoms with Crippen LogP contribution in [0.5, 0.6) is 0 Å². The number of rotatable bonds is 7. The van der Waals surface area contributed by atoms with E-state index in [-0.39, 0.29) is 23.8 Å². The first-order valence-corrected chi connectivity index (χ1v) is 12.8. The number of hydrogen-bond donors (Lipinski definition) is 1. The Morgan fingerprint density at radius 1 is 1.20 bits per heavy atom. The van der Waals surface area contributed by atoms with Crippen LogP contribution in [0.25, 0.3) is 0 Å². The second-order valence-electron chi connectivity index (χ2n) is 9.89. The highest BCUT2D eigenvalue weighted by Gasteiger charge is 2.55. The lowest BCUT2D eigenvalue weighted by molar-refractivity contribution is -0.134. The summed E-state index contributed by atoms with van der Waals surface area (Å²) in [6, 6.07) is 5.32. The molecule has 2 aromatic heterocycles. The van der Waals surface area contributed by atoms with Gasteiger partial charge < -0.3 is 14.7 Å². The van der Waals surface area contributed by atoms with E-state index in [1.54, 1.807) is 6.20 Å². The van der Waals surface area contributed by atoms with Gasteiger partial charge in [0.15, 0.2) is 5.69 Å². The minimum Gasteiger partial charge on any atom is -0.360 e. The van der Waals surface area contributed by atoms with E-state index in [0.717, 1.165) is 49.1 Å². The molecule has 2 aliphatic heterocycles. The molecular formula is C26H33N5O4. The first kappa shape index (κ1) is 23.5. The molecule has 2 aromatic rings. The topological polar surface area (TPSA) is 109 Å². The van der Waals surface area contributed by atoms with E-state index in [1.807, 2.05) is 30.0 Å². The van der Waals surface area contributed by atoms with Gasteiger partial charge >= 0.3 is 6.03 Å². The van der Waals surface area contributed by atoms with Crippen molar-refractivity contribution in [3.05, 3.63) is 47.1 Å². The highest BCUT2D eigenvalue weighted by molar-refractivity contribution is 6.07. The molecule has 5 rings (SSSR count). The van der Waals surface area contributed by atoms with E-state index in [2.05, 4.69) is 15.5 Å². The molecule has 9 heteroatoms. The summed E-state index contributed by atoms with van der Waals surface area (Å²) in [5.41, 5.74) is 1.36. The molecule has 0 aromatic carbocycles. The summed E-state index contributed by atoms with van der Waals surface area (Å²) in [6.07, 6.45) is 8.73. The lowest BCUT2D eigenvalue weighted by Crippen LogP contribution is -2.56. The Morgan fingerprint density at radius 3 is 2.74 bits per heavy atom. The molecule has 1 unspecified atom stereocenters. The van der Waals surface area contributed by atoms with E-state index in [4.69, 9.17) is 4.52 Å². The van der Waals surface area contributed by atoms with Crippen LogP contribution in [0.2, 0.25) is 0 Å². The number of nitrogens with zero attached hydrogens (tertiary/aromatic N) is 4. The minimum atomic E-state index is -0.905. The van der Waals surface area contributed by atoms with Gasteiger partial charge in [-0.25, -0.2) is 4.79 Å². The minimum absolute atomic E-state index is 0.0194. The molecule has 1 aliphatic carbocycles. The molecule has 4 heterocycles. The van der Waals surface area contributed by atoms with Gasteiger partial charge in [0.2, 0.25) is 0 Å². The van der Waals surface area contributed by atoms with Crippen molar-refractivity contribution in [3.8, 4) is 0 Å². The number of fused-ring (bicyclic) bond motifs is 1. The number of pyridine rings is 1. The van der Waals surface area contributed by atoms with Gasteiger partial charge in [0.1, 0.15) is 11.3 Å². The monoisotopic (exact) mass is 479 g/mol. The van der Waals surface area contributed by atoms with Crippen LogP contribution in [-0.2, 0) is 24.1 Å². The molecule has 2 fully saturated rings. The first-order chi connectivity index (χ1) is 17.0. The zero-order valence-electron chi connectivity index (χ0n) is 20.3. The number of piperidine rings is 1. The van der Waals surface area contributed by atoms with Crippen LogP contribution >= 0.6 is 0 Å². The Hall–Kier alpha value is -3.23. The zero-order valence-corrected chi connectivity index (χ0v) is 20.3. The highest BCUT2D eigenvalue weighted by atomic mass is 16.5. The third-order valence-electron chi connectivity index (χ3n) is 7.80. The van der Waals surface area contributed by atoms with Crippen LogP contribution in [-0.4, -0.2) is 63.0 Å². The Bertz CT molecular complexity index is 1090. The Labute approximate surface area is 205 Å². The summed E-state index contributed by atoms with van der Waals surface area (Å²) in [7, 11) is 0. The van der Waals surface area contributed by atoms with Crippen molar-refractivity contribution in [1.29, 1.82) is 0 Å². The molecule has 186 valence electrons. The van der Waals surface area contributed by atoms with Crippen LogP contribution in [0.15, 0.2) is 28.9 Å². The summed E-state index contributed by atoms with van der Waals surface area (Å²) in [5.74, 6) is 0.602. The van der Waals surface area contributed by atoms with Gasteiger partial charge in [-0.1, -0.05) is 24.6 Å². The fourth-order valence-corrected chi connectivity index (χ4v) is 5.94. The molecule has 1 N–H and O–H groups in total. The number of aromatic nitrogens is 2. The number of nitrogens with one attached hydrogen (secondary N) is 1. The van der Waals surface area contributed by atoms with Crippen molar-refractivity contribution in [1.82, 2.24) is 25.3 Å². The number of aryl methyl sites for hydroxylation is 1. The Morgan fingerprint density at radius 2 is 2.00 bits per heavy atom. The van der Waals surface area contributed by atoms with Gasteiger partial charge in [-0.05, 0) is 56.6 Å². The molecule has 9 nitrogen and oxygen atoms in total. The number of amides is 4. The number of carbonyl (C=O) groups is 3. The molecule has 2 saturated heterocycles. The Balaban J connectivity index is 1.26. The van der Waals surface area contributed by atoms with Crippen molar-refractivity contribution in [3.63, 3.8) is 0 Å². The predicted octanol–water partition coefficient (Wildman–Crippen LogP) is 3.13. The smallest absolute Gasteiger partial charge is 0.325 e. The summed E-state index contributed by atoms with van der Waals surface area (Å²) in [4.78, 5) is 47.2. The van der Waals surface area contributed by atoms with Gasteiger partial charge in [-0.2, -0.15) is 0 Å². The molecule has 35 heavy (non-hydrogen) atoms. The van der Waals surface area contributed by atoms with E-state index in [0.29, 0.717) is 51.0 Å². The molecule has 0 saturated carbocycles. The number of urea groups is 1. The average Bonchev–Trinajstić information content (AvgIpc) is 3.42. The molecule has 0 spiro atoms. The summed E-state index contributed by atoms with van der Waals surface area (Å²) in [5, 5.41) is 7.17. The van der Waals surface area contributed by atoms with Crippen LogP contribution in [0, 0.1) is 5.92 Å². The van der Waals surface area contributed by atoms with Crippen molar-refractivity contribution in [2.45, 2.75) is 70.3 Å². The molecule has 0 radical (unpaired) electrons.